The quantitative estimate of drug-likeness (QED) is 0.636. The van der Waals surface area contributed by atoms with E-state index in [1.54, 1.807) is 38.1 Å². The molecule has 1 unspecified atom stereocenters. The molecule has 1 heterocycles. The van der Waals surface area contributed by atoms with E-state index in [4.69, 9.17) is 9.52 Å². The van der Waals surface area contributed by atoms with Gasteiger partial charge < -0.3 is 14.6 Å². The monoisotopic (exact) mass is 390 g/mol. The Balaban J connectivity index is 0.000000921. The van der Waals surface area contributed by atoms with Gasteiger partial charge in [0.1, 0.15) is 5.78 Å². The Hall–Kier alpha value is -1.92. The minimum atomic E-state index is -0.670. The molecule has 0 saturated heterocycles. The van der Waals surface area contributed by atoms with E-state index in [0.29, 0.717) is 11.8 Å². The molecule has 0 radical (unpaired) electrons. The summed E-state index contributed by atoms with van der Waals surface area (Å²) >= 11 is 0. The zero-order valence-corrected chi connectivity index (χ0v) is 18.5. The fourth-order valence-corrected chi connectivity index (χ4v) is 2.88. The third kappa shape index (κ3) is 5.79. The van der Waals surface area contributed by atoms with Gasteiger partial charge in [0.15, 0.2) is 5.43 Å². The van der Waals surface area contributed by atoms with E-state index in [1.807, 2.05) is 30.3 Å². The normalized spacial score (nSPS) is 11.1. The molecule has 0 fully saturated rings. The molecule has 0 amide bonds. The fourth-order valence-electron chi connectivity index (χ4n) is 2.88. The topological polar surface area (TPSA) is 90.6 Å². The molecule has 0 aliphatic heterocycles. The molecule has 28 heavy (non-hydrogen) atoms. The number of para-hydroxylation sites is 1. The number of carbonyl (C=O) groups is 1. The summed E-state index contributed by atoms with van der Waals surface area (Å²) in [6.45, 7) is 3.70. The summed E-state index contributed by atoms with van der Waals surface area (Å²) in [4.78, 5) is 24.9. The molecule has 0 aliphatic carbocycles. The van der Waals surface area contributed by atoms with Crippen molar-refractivity contribution >= 4 is 16.8 Å². The number of fused-ring (bicyclic) bond motifs is 1. The van der Waals surface area contributed by atoms with Crippen molar-refractivity contribution < 1.29 is 49.0 Å². The van der Waals surface area contributed by atoms with Gasteiger partial charge in [-0.3, -0.25) is 9.59 Å². The van der Waals surface area contributed by atoms with E-state index in [9.17, 15) is 14.7 Å². The predicted octanol–water partition coefficient (Wildman–Crippen LogP) is 0.370. The Morgan fingerprint density at radius 1 is 1.07 bits per heavy atom. The maximum Gasteiger partial charge on any atom is 1.00 e. The van der Waals surface area contributed by atoms with Gasteiger partial charge in [-0.05, 0) is 24.6 Å². The Kier molecular flexibility index (Phi) is 10.2. The van der Waals surface area contributed by atoms with E-state index < -0.39 is 11.9 Å². The molecule has 3 rings (SSSR count). The van der Waals surface area contributed by atoms with Crippen molar-refractivity contribution in [1.82, 2.24) is 0 Å². The summed E-state index contributed by atoms with van der Waals surface area (Å²) in [5.74, 6) is -1.26. The number of aliphatic hydroxyl groups excluding tert-OH is 1. The van der Waals surface area contributed by atoms with Gasteiger partial charge in [-0.1, -0.05) is 49.4 Å². The van der Waals surface area contributed by atoms with Crippen LogP contribution in [0.3, 0.4) is 0 Å². The van der Waals surface area contributed by atoms with Gasteiger partial charge in [0, 0.05) is 41.9 Å². The number of ketones is 1. The number of Topliss-reactive ketones (excluding diaryl/α,β-unsaturated/α-hetero) is 1. The Morgan fingerprint density at radius 2 is 1.64 bits per heavy atom. The van der Waals surface area contributed by atoms with Gasteiger partial charge in [-0.25, -0.2) is 0 Å². The first kappa shape index (κ1) is 24.1. The van der Waals surface area contributed by atoms with Gasteiger partial charge in [-0.2, -0.15) is 0 Å². The fraction of sp³-hybridized carbons (Fsp3) is 0.273. The molecular weight excluding hydrogens is 367 g/mol. The first-order valence-electron chi connectivity index (χ1n) is 8.93. The zero-order valence-electron chi connectivity index (χ0n) is 16.5. The summed E-state index contributed by atoms with van der Waals surface area (Å²) in [6, 6.07) is 15.8. The third-order valence-corrected chi connectivity index (χ3v) is 4.18. The molecule has 1 N–H and O–H groups in total. The minimum Gasteiger partial charge on any atom is -0.578 e. The van der Waals surface area contributed by atoms with Crippen LogP contribution >= 0.6 is 0 Å². The van der Waals surface area contributed by atoms with Crippen LogP contribution in [0.15, 0.2) is 63.8 Å². The molecule has 0 bridgehead atoms. The second kappa shape index (κ2) is 11.8. The van der Waals surface area contributed by atoms with Crippen LogP contribution in [-0.4, -0.2) is 17.5 Å². The number of hydrogen-bond donors (Lipinski definition) is 1. The average Bonchev–Trinajstić information content (AvgIpc) is 2.68. The molecule has 6 heteroatoms. The number of aliphatic hydroxyl groups is 1. The number of hydrogen-bond acceptors (Lipinski definition) is 5. The molecule has 0 spiro atoms. The van der Waals surface area contributed by atoms with E-state index >= 15 is 0 Å². The van der Waals surface area contributed by atoms with Gasteiger partial charge in [0.2, 0.25) is 0 Å². The summed E-state index contributed by atoms with van der Waals surface area (Å²) in [7, 11) is 0. The van der Waals surface area contributed by atoms with Gasteiger partial charge in [-0.15, -0.1) is 0 Å². The van der Waals surface area contributed by atoms with Crippen LogP contribution in [-0.2, 0) is 4.79 Å². The van der Waals surface area contributed by atoms with Crippen LogP contribution in [0.4, 0.5) is 0 Å². The zero-order chi connectivity index (χ0) is 19.8. The van der Waals surface area contributed by atoms with Crippen LogP contribution in [0.2, 0.25) is 0 Å². The van der Waals surface area contributed by atoms with Crippen LogP contribution < -0.4 is 40.1 Å². The first-order chi connectivity index (χ1) is 13.0. The Bertz CT molecular complexity index is 950. The summed E-state index contributed by atoms with van der Waals surface area (Å²) in [5.41, 5.74) is 0.699. The maximum absolute atomic E-state index is 12.9. The van der Waals surface area contributed by atoms with Crippen LogP contribution in [0.1, 0.15) is 43.7 Å². The molecule has 1 atom stereocenters. The van der Waals surface area contributed by atoms with Crippen molar-refractivity contribution in [3.8, 4) is 5.95 Å². The number of benzene rings is 2. The third-order valence-electron chi connectivity index (χ3n) is 4.18. The first-order valence-corrected chi connectivity index (χ1v) is 8.93. The van der Waals surface area contributed by atoms with Crippen LogP contribution in [0.25, 0.3) is 11.0 Å². The van der Waals surface area contributed by atoms with Crippen molar-refractivity contribution in [2.45, 2.75) is 32.6 Å². The van der Waals surface area contributed by atoms with Gasteiger partial charge in [0.25, 0.3) is 0 Å². The molecule has 2 aromatic carbocycles. The largest absolute Gasteiger partial charge is 1.00 e. The van der Waals surface area contributed by atoms with Crippen LogP contribution in [0.5, 0.6) is 5.95 Å². The molecule has 5 nitrogen and oxygen atoms in total. The van der Waals surface area contributed by atoms with Gasteiger partial charge in [0.05, 0.1) is 5.95 Å². The molecular formula is C22H23NaO5. The Labute approximate surface area is 186 Å². The molecule has 142 valence electrons. The summed E-state index contributed by atoms with van der Waals surface area (Å²) in [6.07, 6.45) is 0.468. The van der Waals surface area contributed by atoms with Crippen molar-refractivity contribution in [3.05, 3.63) is 75.9 Å². The summed E-state index contributed by atoms with van der Waals surface area (Å²) < 4.78 is 5.32. The molecule has 3 aromatic rings. The smallest absolute Gasteiger partial charge is 0.578 e. The minimum absolute atomic E-state index is 0. The van der Waals surface area contributed by atoms with Crippen LogP contribution in [0, 0.1) is 0 Å². The SMILES string of the molecule is CCC(=O)CC(c1ccccc1)c1c([O-])oc2ccccc2c1=O.CCO.[Na+]. The molecule has 0 saturated carbocycles. The molecule has 0 aliphatic rings. The van der Waals surface area contributed by atoms with Crippen molar-refractivity contribution in [1.29, 1.82) is 0 Å². The van der Waals surface area contributed by atoms with E-state index in [-0.39, 0.29) is 64.9 Å². The maximum atomic E-state index is 12.9. The number of carbonyl (C=O) groups excluding carboxylic acids is 1. The van der Waals surface area contributed by atoms with E-state index in [2.05, 4.69) is 0 Å². The predicted molar refractivity (Wildman–Crippen MR) is 103 cm³/mol. The van der Waals surface area contributed by atoms with Gasteiger partial charge >= 0.3 is 29.6 Å². The Morgan fingerprint density at radius 3 is 2.25 bits per heavy atom. The second-order valence-corrected chi connectivity index (χ2v) is 6.00. The second-order valence-electron chi connectivity index (χ2n) is 6.00. The van der Waals surface area contributed by atoms with E-state index in [1.165, 1.54) is 0 Å². The average molecular weight is 390 g/mol. The van der Waals surface area contributed by atoms with E-state index in [0.717, 1.165) is 5.56 Å². The van der Waals surface area contributed by atoms with Crippen molar-refractivity contribution in [2.24, 2.45) is 0 Å². The molecule has 1 aromatic heterocycles. The van der Waals surface area contributed by atoms with Crippen molar-refractivity contribution in [3.63, 3.8) is 0 Å². The standard InChI is InChI=1S/C20H18O4.C2H6O.Na/c1-2-14(21)12-16(13-8-4-3-5-9-13)18-19(22)15-10-6-7-11-17(15)24-20(18)23;1-2-3;/h3-11,16,23H,2,12H2,1H3;3H,2H2,1H3;/q;;+1/p-1. The number of rotatable bonds is 5. The summed E-state index contributed by atoms with van der Waals surface area (Å²) in [5, 5.41) is 20.4. The van der Waals surface area contributed by atoms with Crippen molar-refractivity contribution in [2.75, 3.05) is 6.61 Å².